The normalized spacial score (nSPS) is 11.3. The number of hydrogen-bond donors (Lipinski definition) is 0. The van der Waals surface area contributed by atoms with Gasteiger partial charge in [-0.3, -0.25) is 0 Å². The van der Waals surface area contributed by atoms with Gasteiger partial charge in [0.05, 0.1) is 6.61 Å². The monoisotopic (exact) mass is 294 g/mol. The van der Waals surface area contributed by atoms with Gasteiger partial charge in [-0.2, -0.15) is 0 Å². The van der Waals surface area contributed by atoms with Gasteiger partial charge in [0, 0.05) is 10.9 Å². The standard InChI is InChI=1S/C16H19ClO3/c1-9(2)7-8-19-13-6-5-12-10(3)14(17)16(18)20-15(12)11(13)4/h5-6,9H,7-8H2,1-4H3. The van der Waals surface area contributed by atoms with Crippen LogP contribution in [-0.2, 0) is 0 Å². The Bertz CT molecular complexity index is 686. The maximum atomic E-state index is 11.7. The summed E-state index contributed by atoms with van der Waals surface area (Å²) in [5.74, 6) is 1.35. The Morgan fingerprint density at radius 1 is 1.25 bits per heavy atom. The molecular formula is C16H19ClO3. The second-order valence-electron chi connectivity index (χ2n) is 5.42. The van der Waals surface area contributed by atoms with Crippen molar-refractivity contribution in [2.24, 2.45) is 5.92 Å². The number of halogens is 1. The maximum absolute atomic E-state index is 11.7. The Labute approximate surface area is 123 Å². The fourth-order valence-corrected chi connectivity index (χ4v) is 2.21. The first-order chi connectivity index (χ1) is 9.41. The molecule has 0 aliphatic heterocycles. The van der Waals surface area contributed by atoms with Crippen LogP contribution in [0.25, 0.3) is 11.0 Å². The molecule has 0 bridgehead atoms. The lowest BCUT2D eigenvalue weighted by Crippen LogP contribution is -2.05. The van der Waals surface area contributed by atoms with Crippen molar-refractivity contribution in [3.05, 3.63) is 38.7 Å². The molecule has 0 amide bonds. The molecule has 0 aliphatic carbocycles. The number of aryl methyl sites for hydroxylation is 2. The van der Waals surface area contributed by atoms with Gasteiger partial charge in [-0.05, 0) is 43.9 Å². The van der Waals surface area contributed by atoms with E-state index in [1.54, 1.807) is 0 Å². The molecule has 0 atom stereocenters. The van der Waals surface area contributed by atoms with Crippen molar-refractivity contribution >= 4 is 22.6 Å². The molecule has 108 valence electrons. The van der Waals surface area contributed by atoms with Crippen LogP contribution in [-0.4, -0.2) is 6.61 Å². The van der Waals surface area contributed by atoms with Gasteiger partial charge in [0.2, 0.25) is 0 Å². The third-order valence-electron chi connectivity index (χ3n) is 3.42. The molecule has 0 aliphatic rings. The van der Waals surface area contributed by atoms with E-state index in [9.17, 15) is 4.79 Å². The van der Waals surface area contributed by atoms with Crippen molar-refractivity contribution in [1.82, 2.24) is 0 Å². The highest BCUT2D eigenvalue weighted by Crippen LogP contribution is 2.30. The lowest BCUT2D eigenvalue weighted by Gasteiger charge is -2.12. The summed E-state index contributed by atoms with van der Waals surface area (Å²) >= 11 is 5.93. The molecule has 0 spiro atoms. The molecule has 20 heavy (non-hydrogen) atoms. The number of fused-ring (bicyclic) bond motifs is 1. The average molecular weight is 295 g/mol. The van der Waals surface area contributed by atoms with Gasteiger partial charge in [0.15, 0.2) is 0 Å². The van der Waals surface area contributed by atoms with Crippen LogP contribution in [0.15, 0.2) is 21.3 Å². The van der Waals surface area contributed by atoms with Gasteiger partial charge in [-0.15, -0.1) is 0 Å². The van der Waals surface area contributed by atoms with Gasteiger partial charge in [-0.25, -0.2) is 4.79 Å². The van der Waals surface area contributed by atoms with Crippen LogP contribution < -0.4 is 10.4 Å². The van der Waals surface area contributed by atoms with Crippen LogP contribution in [0, 0.1) is 19.8 Å². The van der Waals surface area contributed by atoms with Gasteiger partial charge in [0.25, 0.3) is 0 Å². The molecule has 0 N–H and O–H groups in total. The third-order valence-corrected chi connectivity index (χ3v) is 3.85. The lowest BCUT2D eigenvalue weighted by molar-refractivity contribution is 0.287. The van der Waals surface area contributed by atoms with Crippen molar-refractivity contribution in [1.29, 1.82) is 0 Å². The Morgan fingerprint density at radius 3 is 2.60 bits per heavy atom. The second kappa shape index (κ2) is 5.88. The zero-order valence-corrected chi connectivity index (χ0v) is 13.0. The summed E-state index contributed by atoms with van der Waals surface area (Å²) in [6.45, 7) is 8.67. The highest BCUT2D eigenvalue weighted by Gasteiger charge is 2.13. The quantitative estimate of drug-likeness (QED) is 0.780. The van der Waals surface area contributed by atoms with E-state index in [1.165, 1.54) is 0 Å². The summed E-state index contributed by atoms with van der Waals surface area (Å²) in [6.07, 6.45) is 0.987. The Kier molecular flexibility index (Phi) is 4.39. The molecule has 0 radical (unpaired) electrons. The number of hydrogen-bond acceptors (Lipinski definition) is 3. The molecule has 2 aromatic rings. The molecule has 4 heteroatoms. The van der Waals surface area contributed by atoms with Crippen molar-refractivity contribution in [3.8, 4) is 5.75 Å². The summed E-state index contributed by atoms with van der Waals surface area (Å²) in [5, 5.41) is 0.994. The fourth-order valence-electron chi connectivity index (χ4n) is 2.07. The molecule has 1 aromatic heterocycles. The summed E-state index contributed by atoms with van der Waals surface area (Å²) in [7, 11) is 0. The van der Waals surface area contributed by atoms with Crippen LogP contribution in [0.4, 0.5) is 0 Å². The Hall–Kier alpha value is -1.48. The molecule has 3 nitrogen and oxygen atoms in total. The van der Waals surface area contributed by atoms with Crippen molar-refractivity contribution in [2.45, 2.75) is 34.1 Å². The molecule has 0 saturated heterocycles. The molecule has 1 heterocycles. The predicted molar refractivity (Wildman–Crippen MR) is 81.9 cm³/mol. The van der Waals surface area contributed by atoms with Crippen LogP contribution in [0.5, 0.6) is 5.75 Å². The largest absolute Gasteiger partial charge is 0.493 e. The summed E-state index contributed by atoms with van der Waals surface area (Å²) in [6, 6.07) is 3.79. The number of ether oxygens (including phenoxy) is 1. The van der Waals surface area contributed by atoms with E-state index in [4.69, 9.17) is 20.8 Å². The van der Waals surface area contributed by atoms with E-state index >= 15 is 0 Å². The molecule has 2 rings (SSSR count). The fraction of sp³-hybridized carbons (Fsp3) is 0.438. The Balaban J connectivity index is 2.43. The van der Waals surface area contributed by atoms with Gasteiger partial charge >= 0.3 is 5.63 Å². The van der Waals surface area contributed by atoms with Crippen molar-refractivity contribution in [3.63, 3.8) is 0 Å². The zero-order valence-electron chi connectivity index (χ0n) is 12.2. The van der Waals surface area contributed by atoms with Crippen LogP contribution in [0.2, 0.25) is 5.02 Å². The second-order valence-corrected chi connectivity index (χ2v) is 5.80. The van der Waals surface area contributed by atoms with Gasteiger partial charge in [0.1, 0.15) is 16.4 Å². The number of rotatable bonds is 4. The predicted octanol–water partition coefficient (Wildman–Crippen LogP) is 4.49. The van der Waals surface area contributed by atoms with Gasteiger partial charge < -0.3 is 9.15 Å². The first-order valence-corrected chi connectivity index (χ1v) is 7.15. The highest BCUT2D eigenvalue weighted by atomic mass is 35.5. The summed E-state index contributed by atoms with van der Waals surface area (Å²) < 4.78 is 11.1. The minimum atomic E-state index is -0.501. The first-order valence-electron chi connectivity index (χ1n) is 6.77. The SMILES string of the molecule is Cc1c(Cl)c(=O)oc2c(C)c(OCCC(C)C)ccc12. The van der Waals surface area contributed by atoms with E-state index in [1.807, 2.05) is 26.0 Å². The minimum Gasteiger partial charge on any atom is -0.493 e. The van der Waals surface area contributed by atoms with Crippen molar-refractivity contribution in [2.75, 3.05) is 6.61 Å². The summed E-state index contributed by atoms with van der Waals surface area (Å²) in [5.41, 5.74) is 1.64. The molecule has 1 aromatic carbocycles. The molecular weight excluding hydrogens is 276 g/mol. The van der Waals surface area contributed by atoms with Crippen LogP contribution in [0.1, 0.15) is 31.4 Å². The maximum Gasteiger partial charge on any atom is 0.355 e. The smallest absolute Gasteiger partial charge is 0.355 e. The zero-order chi connectivity index (χ0) is 14.9. The van der Waals surface area contributed by atoms with E-state index in [0.717, 1.165) is 28.7 Å². The highest BCUT2D eigenvalue weighted by molar-refractivity contribution is 6.31. The van der Waals surface area contributed by atoms with Gasteiger partial charge in [-0.1, -0.05) is 25.4 Å². The molecule has 0 saturated carbocycles. The molecule has 0 unspecified atom stereocenters. The first kappa shape index (κ1) is 14.9. The van der Waals surface area contributed by atoms with Crippen molar-refractivity contribution < 1.29 is 9.15 Å². The van der Waals surface area contributed by atoms with E-state index in [-0.39, 0.29) is 5.02 Å². The summed E-state index contributed by atoms with van der Waals surface area (Å²) in [4.78, 5) is 11.7. The topological polar surface area (TPSA) is 39.4 Å². The number of benzene rings is 1. The minimum absolute atomic E-state index is 0.144. The third kappa shape index (κ3) is 2.83. The Morgan fingerprint density at radius 2 is 1.95 bits per heavy atom. The average Bonchev–Trinajstić information content (AvgIpc) is 2.39. The van der Waals surface area contributed by atoms with E-state index in [2.05, 4.69) is 13.8 Å². The van der Waals surface area contributed by atoms with E-state index < -0.39 is 5.63 Å². The molecule has 0 fully saturated rings. The lowest BCUT2D eigenvalue weighted by atomic mass is 10.1. The van der Waals surface area contributed by atoms with E-state index in [0.29, 0.717) is 18.1 Å². The van der Waals surface area contributed by atoms with Crippen LogP contribution >= 0.6 is 11.6 Å². The van der Waals surface area contributed by atoms with Crippen LogP contribution in [0.3, 0.4) is 0 Å².